The van der Waals surface area contributed by atoms with Crippen molar-refractivity contribution in [3.8, 4) is 0 Å². The highest BCUT2D eigenvalue weighted by molar-refractivity contribution is 6.34. The molecule has 3 unspecified atom stereocenters. The van der Waals surface area contributed by atoms with E-state index in [1.54, 1.807) is 6.07 Å². The third-order valence-electron chi connectivity index (χ3n) is 3.90. The number of carboxylic acid groups (broad SMARTS) is 1. The van der Waals surface area contributed by atoms with Gasteiger partial charge >= 0.3 is 12.0 Å². The number of fused-ring (bicyclic) bond motifs is 2. The van der Waals surface area contributed by atoms with Crippen molar-refractivity contribution < 1.29 is 19.4 Å². The van der Waals surface area contributed by atoms with Crippen LogP contribution in [0.25, 0.3) is 0 Å². The summed E-state index contributed by atoms with van der Waals surface area (Å²) in [4.78, 5) is 23.2. The van der Waals surface area contributed by atoms with Gasteiger partial charge in [-0.3, -0.25) is 0 Å². The summed E-state index contributed by atoms with van der Waals surface area (Å²) in [5, 5.41) is 14.6. The molecule has 3 atom stereocenters. The minimum atomic E-state index is -1.18. The molecule has 2 saturated heterocycles. The highest BCUT2D eigenvalue weighted by Crippen LogP contribution is 2.34. The van der Waals surface area contributed by atoms with E-state index < -0.39 is 12.0 Å². The molecule has 0 spiro atoms. The van der Waals surface area contributed by atoms with Crippen molar-refractivity contribution in [2.75, 3.05) is 5.32 Å². The molecule has 21 heavy (non-hydrogen) atoms. The highest BCUT2D eigenvalue weighted by Gasteiger charge is 2.41. The van der Waals surface area contributed by atoms with Gasteiger partial charge in [-0.15, -0.1) is 0 Å². The lowest BCUT2D eigenvalue weighted by Crippen LogP contribution is -2.43. The second kappa shape index (κ2) is 5.54. The van der Waals surface area contributed by atoms with Crippen molar-refractivity contribution in [2.24, 2.45) is 0 Å². The summed E-state index contributed by atoms with van der Waals surface area (Å²) < 4.78 is 5.66. The number of carbonyl (C=O) groups is 2. The molecular formula is C14H15ClN2O4. The van der Waals surface area contributed by atoms with Crippen molar-refractivity contribution >= 4 is 29.3 Å². The fourth-order valence-corrected chi connectivity index (χ4v) is 3.22. The van der Waals surface area contributed by atoms with Gasteiger partial charge in [-0.25, -0.2) is 9.59 Å². The zero-order valence-electron chi connectivity index (χ0n) is 11.1. The molecule has 1 aromatic rings. The highest BCUT2D eigenvalue weighted by atomic mass is 35.5. The Morgan fingerprint density at radius 1 is 1.33 bits per heavy atom. The number of anilines is 1. The SMILES string of the molecule is O=C(Nc1cccc(Cl)c1C(=O)O)NC1CC2CCC1O2. The number of amides is 2. The van der Waals surface area contributed by atoms with E-state index in [1.807, 2.05) is 0 Å². The number of halogens is 1. The summed E-state index contributed by atoms with van der Waals surface area (Å²) in [6.45, 7) is 0. The third kappa shape index (κ3) is 2.82. The van der Waals surface area contributed by atoms with E-state index >= 15 is 0 Å². The number of carbonyl (C=O) groups excluding carboxylic acids is 1. The standard InChI is InChI=1S/C14H15ClN2O4/c15-8-2-1-3-9(12(8)13(18)19)16-14(20)17-10-6-7-4-5-11(10)21-7/h1-3,7,10-11H,4-6H2,(H,18,19)(H2,16,17,20). The van der Waals surface area contributed by atoms with E-state index in [0.29, 0.717) is 0 Å². The Bertz CT molecular complexity index is 592. The number of aromatic carboxylic acids is 1. The van der Waals surface area contributed by atoms with Crippen LogP contribution >= 0.6 is 11.6 Å². The van der Waals surface area contributed by atoms with E-state index in [-0.39, 0.29) is 34.5 Å². The van der Waals surface area contributed by atoms with Gasteiger partial charge in [0, 0.05) is 0 Å². The molecule has 2 fully saturated rings. The Morgan fingerprint density at radius 2 is 2.14 bits per heavy atom. The molecule has 0 aromatic heterocycles. The molecule has 6 nitrogen and oxygen atoms in total. The first kappa shape index (κ1) is 14.2. The number of ether oxygens (including phenoxy) is 1. The average molecular weight is 311 g/mol. The molecule has 0 radical (unpaired) electrons. The van der Waals surface area contributed by atoms with Gasteiger partial charge in [-0.1, -0.05) is 17.7 Å². The second-order valence-corrected chi connectivity index (χ2v) is 5.69. The summed E-state index contributed by atoms with van der Waals surface area (Å²) in [5.41, 5.74) is 0.0649. The monoisotopic (exact) mass is 310 g/mol. The number of hydrogen-bond donors (Lipinski definition) is 3. The van der Waals surface area contributed by atoms with Crippen LogP contribution < -0.4 is 10.6 Å². The van der Waals surface area contributed by atoms with E-state index in [0.717, 1.165) is 19.3 Å². The molecule has 0 saturated carbocycles. The minimum absolute atomic E-state index is 0.0174. The first-order chi connectivity index (χ1) is 10.0. The Morgan fingerprint density at radius 3 is 2.76 bits per heavy atom. The number of benzene rings is 1. The molecule has 3 rings (SSSR count). The molecule has 3 N–H and O–H groups in total. The van der Waals surface area contributed by atoms with Crippen LogP contribution in [0.15, 0.2) is 18.2 Å². The molecule has 112 valence electrons. The Labute approximate surface area is 126 Å². The number of hydrogen-bond acceptors (Lipinski definition) is 3. The minimum Gasteiger partial charge on any atom is -0.478 e. The van der Waals surface area contributed by atoms with E-state index in [1.165, 1.54) is 12.1 Å². The quantitative estimate of drug-likeness (QED) is 0.800. The lowest BCUT2D eigenvalue weighted by atomic mass is 9.96. The van der Waals surface area contributed by atoms with Crippen molar-refractivity contribution in [2.45, 2.75) is 37.5 Å². The molecule has 2 bridgehead atoms. The molecule has 2 aliphatic heterocycles. The molecule has 7 heteroatoms. The van der Waals surface area contributed by atoms with Crippen molar-refractivity contribution in [1.29, 1.82) is 0 Å². The molecule has 2 aliphatic rings. The fourth-order valence-electron chi connectivity index (χ4n) is 2.96. The number of rotatable bonds is 3. The third-order valence-corrected chi connectivity index (χ3v) is 4.21. The van der Waals surface area contributed by atoms with Gasteiger partial charge in [0.05, 0.1) is 29.0 Å². The second-order valence-electron chi connectivity index (χ2n) is 5.28. The first-order valence-corrected chi connectivity index (χ1v) is 7.17. The van der Waals surface area contributed by atoms with Gasteiger partial charge in [0.15, 0.2) is 0 Å². The van der Waals surface area contributed by atoms with Gasteiger partial charge in [0.2, 0.25) is 0 Å². The van der Waals surface area contributed by atoms with Crippen LogP contribution in [-0.4, -0.2) is 35.4 Å². The van der Waals surface area contributed by atoms with Gasteiger partial charge in [-0.2, -0.15) is 0 Å². The summed E-state index contributed by atoms with van der Waals surface area (Å²) in [6, 6.07) is 4.10. The number of carboxylic acids is 1. The zero-order valence-corrected chi connectivity index (χ0v) is 11.9. The summed E-state index contributed by atoms with van der Waals surface area (Å²) in [7, 11) is 0. The van der Waals surface area contributed by atoms with Crippen LogP contribution in [0.3, 0.4) is 0 Å². The Hall–Kier alpha value is -1.79. The Kier molecular flexibility index (Phi) is 3.73. The van der Waals surface area contributed by atoms with E-state index in [4.69, 9.17) is 21.4 Å². The van der Waals surface area contributed by atoms with Crippen LogP contribution in [0.2, 0.25) is 5.02 Å². The van der Waals surface area contributed by atoms with E-state index in [9.17, 15) is 9.59 Å². The van der Waals surface area contributed by atoms with Crippen molar-refractivity contribution in [3.05, 3.63) is 28.8 Å². The zero-order chi connectivity index (χ0) is 15.0. The topological polar surface area (TPSA) is 87.7 Å². The van der Waals surface area contributed by atoms with Crippen molar-refractivity contribution in [1.82, 2.24) is 5.32 Å². The van der Waals surface area contributed by atoms with Crippen molar-refractivity contribution in [3.63, 3.8) is 0 Å². The lowest BCUT2D eigenvalue weighted by Gasteiger charge is -2.20. The largest absolute Gasteiger partial charge is 0.478 e. The number of nitrogens with one attached hydrogen (secondary N) is 2. The summed E-state index contributed by atoms with van der Waals surface area (Å²) in [5.74, 6) is -1.18. The van der Waals surface area contributed by atoms with Gasteiger partial charge in [0.25, 0.3) is 0 Å². The Balaban J connectivity index is 1.68. The summed E-state index contributed by atoms with van der Waals surface area (Å²) >= 11 is 5.86. The maximum Gasteiger partial charge on any atom is 0.339 e. The lowest BCUT2D eigenvalue weighted by molar-refractivity contribution is 0.0698. The maximum atomic E-state index is 12.0. The normalized spacial score (nSPS) is 26.6. The number of urea groups is 1. The van der Waals surface area contributed by atoms with E-state index in [2.05, 4.69) is 10.6 Å². The molecule has 2 heterocycles. The van der Waals surface area contributed by atoms with Gasteiger partial charge in [-0.05, 0) is 31.4 Å². The first-order valence-electron chi connectivity index (χ1n) is 6.79. The molecule has 1 aromatic carbocycles. The van der Waals surface area contributed by atoms with Crippen LogP contribution in [-0.2, 0) is 4.74 Å². The van der Waals surface area contributed by atoms with Gasteiger partial charge in [0.1, 0.15) is 5.56 Å². The van der Waals surface area contributed by atoms with Gasteiger partial charge < -0.3 is 20.5 Å². The molecule has 0 aliphatic carbocycles. The van der Waals surface area contributed by atoms with Crippen LogP contribution in [0.4, 0.5) is 10.5 Å². The van der Waals surface area contributed by atoms with Crippen LogP contribution in [0.1, 0.15) is 29.6 Å². The molecular weight excluding hydrogens is 296 g/mol. The predicted molar refractivity (Wildman–Crippen MR) is 76.9 cm³/mol. The average Bonchev–Trinajstić information content (AvgIpc) is 3.00. The smallest absolute Gasteiger partial charge is 0.339 e. The molecule has 2 amide bonds. The maximum absolute atomic E-state index is 12.0. The summed E-state index contributed by atoms with van der Waals surface area (Å²) in [6.07, 6.45) is 3.11. The fraction of sp³-hybridized carbons (Fsp3) is 0.429. The predicted octanol–water partition coefficient (Wildman–Crippen LogP) is 2.48. The van der Waals surface area contributed by atoms with Crippen LogP contribution in [0.5, 0.6) is 0 Å². The van der Waals surface area contributed by atoms with Crippen LogP contribution in [0, 0.1) is 0 Å².